The monoisotopic (exact) mass is 314 g/mol. The van der Waals surface area contributed by atoms with E-state index in [1.807, 2.05) is 0 Å². The highest BCUT2D eigenvalue weighted by atomic mass is 35.5. The lowest BCUT2D eigenvalue weighted by Gasteiger charge is -2.11. The smallest absolute Gasteiger partial charge is 0.416 e. The Bertz CT molecular complexity index is 654. The van der Waals surface area contributed by atoms with Crippen LogP contribution in [0.2, 0.25) is 5.02 Å². The molecule has 0 spiro atoms. The first-order chi connectivity index (χ1) is 9.90. The zero-order valence-corrected chi connectivity index (χ0v) is 11.4. The van der Waals surface area contributed by atoms with E-state index in [1.54, 1.807) is 0 Å². The lowest BCUT2D eigenvalue weighted by Crippen LogP contribution is -2.06. The van der Waals surface area contributed by atoms with Crippen LogP contribution in [0.1, 0.15) is 21.5 Å². The highest BCUT2D eigenvalue weighted by molar-refractivity contribution is 6.32. The summed E-state index contributed by atoms with van der Waals surface area (Å²) in [5.41, 5.74) is 0.0396. The van der Waals surface area contributed by atoms with Crippen LogP contribution in [0, 0.1) is 0 Å². The van der Waals surface area contributed by atoms with Gasteiger partial charge in [-0.25, -0.2) is 0 Å². The van der Waals surface area contributed by atoms with Crippen LogP contribution in [0.15, 0.2) is 42.5 Å². The Hall–Kier alpha value is -2.01. The standard InChI is InChI=1S/C15H10ClF3O2/c16-13-7-10(8-20)4-5-14(13)21-9-11-2-1-3-12(6-11)15(17,18)19/h1-8H,9H2. The fourth-order valence-electron chi connectivity index (χ4n) is 1.71. The number of alkyl halides is 3. The molecule has 0 N–H and O–H groups in total. The predicted molar refractivity (Wildman–Crippen MR) is 72.6 cm³/mol. The molecule has 21 heavy (non-hydrogen) atoms. The minimum Gasteiger partial charge on any atom is -0.487 e. The van der Waals surface area contributed by atoms with Gasteiger partial charge in [0.05, 0.1) is 10.6 Å². The van der Waals surface area contributed by atoms with Crippen LogP contribution in [0.25, 0.3) is 0 Å². The summed E-state index contributed by atoms with van der Waals surface area (Å²) in [4.78, 5) is 10.6. The molecule has 2 aromatic rings. The zero-order chi connectivity index (χ0) is 15.5. The van der Waals surface area contributed by atoms with Crippen LogP contribution < -0.4 is 4.74 Å². The lowest BCUT2D eigenvalue weighted by atomic mass is 10.1. The Morgan fingerprint density at radius 2 is 1.90 bits per heavy atom. The SMILES string of the molecule is O=Cc1ccc(OCc2cccc(C(F)(F)F)c2)c(Cl)c1. The molecule has 0 unspecified atom stereocenters. The predicted octanol–water partition coefficient (Wildman–Crippen LogP) is 4.75. The van der Waals surface area contributed by atoms with Gasteiger partial charge in [-0.15, -0.1) is 0 Å². The highest BCUT2D eigenvalue weighted by Crippen LogP contribution is 2.30. The van der Waals surface area contributed by atoms with Gasteiger partial charge < -0.3 is 4.74 Å². The molecule has 0 aromatic heterocycles. The first-order valence-electron chi connectivity index (χ1n) is 5.94. The molecular formula is C15H10ClF3O2. The van der Waals surface area contributed by atoms with Gasteiger partial charge in [0, 0.05) is 5.56 Å². The molecule has 0 saturated carbocycles. The number of rotatable bonds is 4. The van der Waals surface area contributed by atoms with Gasteiger partial charge in [0.1, 0.15) is 18.6 Å². The molecule has 6 heteroatoms. The summed E-state index contributed by atoms with van der Waals surface area (Å²) in [5, 5.41) is 0.228. The maximum absolute atomic E-state index is 12.6. The molecule has 2 nitrogen and oxygen atoms in total. The van der Waals surface area contributed by atoms with Crippen LogP contribution >= 0.6 is 11.6 Å². The van der Waals surface area contributed by atoms with Crippen molar-refractivity contribution in [2.75, 3.05) is 0 Å². The van der Waals surface area contributed by atoms with Gasteiger partial charge in [-0.05, 0) is 35.9 Å². The van der Waals surface area contributed by atoms with Crippen LogP contribution in [0.5, 0.6) is 5.75 Å². The third-order valence-corrected chi connectivity index (χ3v) is 3.04. The Morgan fingerprint density at radius 3 is 2.52 bits per heavy atom. The Labute approximate surface area is 124 Å². The van der Waals surface area contributed by atoms with E-state index in [2.05, 4.69) is 0 Å². The van der Waals surface area contributed by atoms with E-state index in [-0.39, 0.29) is 11.6 Å². The summed E-state index contributed by atoms with van der Waals surface area (Å²) in [5.74, 6) is 0.305. The Balaban J connectivity index is 2.11. The molecular weight excluding hydrogens is 305 g/mol. The molecule has 110 valence electrons. The molecule has 0 aliphatic heterocycles. The average molecular weight is 315 g/mol. The number of carbonyl (C=O) groups excluding carboxylic acids is 1. The number of aldehydes is 1. The molecule has 0 fully saturated rings. The number of hydrogen-bond acceptors (Lipinski definition) is 2. The third kappa shape index (κ3) is 3.98. The summed E-state index contributed by atoms with van der Waals surface area (Å²) < 4.78 is 43.1. The van der Waals surface area contributed by atoms with Crippen molar-refractivity contribution in [3.05, 3.63) is 64.2 Å². The summed E-state index contributed by atoms with van der Waals surface area (Å²) in [7, 11) is 0. The minimum absolute atomic E-state index is 0.0515. The number of carbonyl (C=O) groups is 1. The van der Waals surface area contributed by atoms with E-state index in [0.29, 0.717) is 23.2 Å². The van der Waals surface area contributed by atoms with Gasteiger partial charge in [0.2, 0.25) is 0 Å². The average Bonchev–Trinajstić information content (AvgIpc) is 2.45. The molecule has 0 saturated heterocycles. The van der Waals surface area contributed by atoms with Crippen molar-refractivity contribution >= 4 is 17.9 Å². The third-order valence-electron chi connectivity index (χ3n) is 2.74. The first kappa shape index (κ1) is 15.4. The Kier molecular flexibility index (Phi) is 4.53. The van der Waals surface area contributed by atoms with Crippen LogP contribution in [0.4, 0.5) is 13.2 Å². The van der Waals surface area contributed by atoms with Crippen molar-refractivity contribution in [3.8, 4) is 5.75 Å². The van der Waals surface area contributed by atoms with Crippen molar-refractivity contribution < 1.29 is 22.7 Å². The minimum atomic E-state index is -4.39. The van der Waals surface area contributed by atoms with Gasteiger partial charge in [-0.1, -0.05) is 23.7 Å². The van der Waals surface area contributed by atoms with E-state index >= 15 is 0 Å². The van der Waals surface area contributed by atoms with E-state index in [4.69, 9.17) is 16.3 Å². The normalized spacial score (nSPS) is 11.2. The summed E-state index contributed by atoms with van der Waals surface area (Å²) in [6, 6.07) is 9.31. The van der Waals surface area contributed by atoms with E-state index in [0.717, 1.165) is 12.1 Å². The highest BCUT2D eigenvalue weighted by Gasteiger charge is 2.30. The quantitative estimate of drug-likeness (QED) is 0.761. The molecule has 2 aromatic carbocycles. The molecule has 0 radical (unpaired) electrons. The van der Waals surface area contributed by atoms with Gasteiger partial charge in [-0.3, -0.25) is 4.79 Å². The summed E-state index contributed by atoms with van der Waals surface area (Å²) in [6.07, 6.45) is -3.75. The van der Waals surface area contributed by atoms with Crippen molar-refractivity contribution in [1.29, 1.82) is 0 Å². The lowest BCUT2D eigenvalue weighted by molar-refractivity contribution is -0.137. The molecule has 0 heterocycles. The molecule has 0 bridgehead atoms. The first-order valence-corrected chi connectivity index (χ1v) is 6.31. The summed E-state index contributed by atoms with van der Waals surface area (Å²) >= 11 is 5.91. The van der Waals surface area contributed by atoms with Gasteiger partial charge >= 0.3 is 6.18 Å². The molecule has 0 aliphatic rings. The number of ether oxygens (including phenoxy) is 1. The summed E-state index contributed by atoms with van der Waals surface area (Å²) in [6.45, 7) is -0.0515. The molecule has 0 aliphatic carbocycles. The fraction of sp³-hybridized carbons (Fsp3) is 0.133. The van der Waals surface area contributed by atoms with Crippen molar-refractivity contribution in [1.82, 2.24) is 0 Å². The van der Waals surface area contributed by atoms with Gasteiger partial charge in [0.15, 0.2) is 0 Å². The maximum Gasteiger partial charge on any atom is 0.416 e. The van der Waals surface area contributed by atoms with Crippen LogP contribution in [0.3, 0.4) is 0 Å². The number of halogens is 4. The number of hydrogen-bond donors (Lipinski definition) is 0. The van der Waals surface area contributed by atoms with Crippen LogP contribution in [-0.4, -0.2) is 6.29 Å². The Morgan fingerprint density at radius 1 is 1.14 bits per heavy atom. The van der Waals surface area contributed by atoms with Gasteiger partial charge in [0.25, 0.3) is 0 Å². The van der Waals surface area contributed by atoms with E-state index in [1.165, 1.54) is 30.3 Å². The second kappa shape index (κ2) is 6.18. The second-order valence-corrected chi connectivity index (χ2v) is 4.70. The topological polar surface area (TPSA) is 26.3 Å². The van der Waals surface area contributed by atoms with Crippen molar-refractivity contribution in [2.24, 2.45) is 0 Å². The van der Waals surface area contributed by atoms with Crippen LogP contribution in [-0.2, 0) is 12.8 Å². The molecule has 0 atom stereocenters. The molecule has 2 rings (SSSR count). The van der Waals surface area contributed by atoms with Crippen molar-refractivity contribution in [2.45, 2.75) is 12.8 Å². The maximum atomic E-state index is 12.6. The number of benzene rings is 2. The second-order valence-electron chi connectivity index (χ2n) is 4.29. The zero-order valence-electron chi connectivity index (χ0n) is 10.7. The van der Waals surface area contributed by atoms with E-state index in [9.17, 15) is 18.0 Å². The van der Waals surface area contributed by atoms with Gasteiger partial charge in [-0.2, -0.15) is 13.2 Å². The fourth-order valence-corrected chi connectivity index (χ4v) is 1.95. The van der Waals surface area contributed by atoms with Crippen molar-refractivity contribution in [3.63, 3.8) is 0 Å². The largest absolute Gasteiger partial charge is 0.487 e. The molecule has 0 amide bonds. The van der Waals surface area contributed by atoms with E-state index < -0.39 is 11.7 Å².